The minimum Gasteiger partial charge on any atom is -0.491 e. The minimum atomic E-state index is 0.227. The third kappa shape index (κ3) is 7.03. The summed E-state index contributed by atoms with van der Waals surface area (Å²) in [6.07, 6.45) is 1.47. The zero-order chi connectivity index (χ0) is 24.3. The minimum absolute atomic E-state index is 0.227. The van der Waals surface area contributed by atoms with E-state index in [0.29, 0.717) is 25.2 Å². The van der Waals surface area contributed by atoms with E-state index >= 15 is 0 Å². The van der Waals surface area contributed by atoms with Crippen LogP contribution < -0.4 is 9.47 Å². The third-order valence-electron chi connectivity index (χ3n) is 5.40. The van der Waals surface area contributed by atoms with Crippen molar-refractivity contribution in [2.45, 2.75) is 6.42 Å². The average molecular weight is 469 g/mol. The van der Waals surface area contributed by atoms with E-state index in [1.54, 1.807) is 13.2 Å². The van der Waals surface area contributed by atoms with E-state index in [4.69, 9.17) is 18.9 Å². The summed E-state index contributed by atoms with van der Waals surface area (Å²) in [7, 11) is 1.58. The lowest BCUT2D eigenvalue weighted by molar-refractivity contribution is -0.0388. The molecule has 5 nitrogen and oxygen atoms in total. The molecular formula is C30H28O5. The van der Waals surface area contributed by atoms with Crippen LogP contribution in [0.2, 0.25) is 0 Å². The van der Waals surface area contributed by atoms with Crippen LogP contribution >= 0.6 is 0 Å². The Morgan fingerprint density at radius 2 is 1.54 bits per heavy atom. The molecule has 0 unspecified atom stereocenters. The number of carbonyl (C=O) groups is 1. The van der Waals surface area contributed by atoms with Gasteiger partial charge >= 0.3 is 0 Å². The summed E-state index contributed by atoms with van der Waals surface area (Å²) in [6, 6.07) is 31.7. The molecule has 0 fully saturated rings. The monoisotopic (exact) mass is 468 g/mol. The third-order valence-corrected chi connectivity index (χ3v) is 5.40. The van der Waals surface area contributed by atoms with Crippen LogP contribution in [0.25, 0.3) is 11.1 Å². The van der Waals surface area contributed by atoms with Gasteiger partial charge in [0.15, 0.2) is 0 Å². The van der Waals surface area contributed by atoms with E-state index in [0.717, 1.165) is 45.8 Å². The first-order valence-electron chi connectivity index (χ1n) is 11.4. The maximum atomic E-state index is 11.3. The Balaban J connectivity index is 1.43. The van der Waals surface area contributed by atoms with Crippen molar-refractivity contribution in [2.75, 3.05) is 27.1 Å². The van der Waals surface area contributed by atoms with Crippen LogP contribution in [0.5, 0.6) is 17.2 Å². The van der Waals surface area contributed by atoms with E-state index in [1.807, 2.05) is 72.8 Å². The Hall–Kier alpha value is -3.93. The summed E-state index contributed by atoms with van der Waals surface area (Å²) in [5.41, 5.74) is 4.88. The Morgan fingerprint density at radius 1 is 0.743 bits per heavy atom. The molecule has 0 saturated heterocycles. The molecule has 0 N–H and O–H groups in total. The zero-order valence-electron chi connectivity index (χ0n) is 19.7. The molecule has 178 valence electrons. The Labute approximate surface area is 205 Å². The van der Waals surface area contributed by atoms with E-state index < -0.39 is 0 Å². The number of carbonyl (C=O) groups excluding carboxylic acids is 1. The molecule has 5 heteroatoms. The van der Waals surface area contributed by atoms with Crippen LogP contribution in [0.3, 0.4) is 0 Å². The highest BCUT2D eigenvalue weighted by Gasteiger charge is 2.08. The maximum absolute atomic E-state index is 11.3. The van der Waals surface area contributed by atoms with Crippen molar-refractivity contribution in [1.29, 1.82) is 0 Å². The highest BCUT2D eigenvalue weighted by molar-refractivity contribution is 5.75. The lowest BCUT2D eigenvalue weighted by Gasteiger charge is -2.13. The molecule has 0 aliphatic rings. The highest BCUT2D eigenvalue weighted by atomic mass is 16.7. The molecule has 0 bridgehead atoms. The van der Waals surface area contributed by atoms with Gasteiger partial charge in [-0.2, -0.15) is 0 Å². The smallest absolute Gasteiger partial charge is 0.150 e. The lowest BCUT2D eigenvalue weighted by Crippen LogP contribution is -2.09. The van der Waals surface area contributed by atoms with Gasteiger partial charge in [0, 0.05) is 19.1 Å². The van der Waals surface area contributed by atoms with E-state index in [1.165, 1.54) is 0 Å². The molecule has 0 aromatic heterocycles. The van der Waals surface area contributed by atoms with Crippen LogP contribution in [0, 0.1) is 0 Å². The van der Waals surface area contributed by atoms with Crippen LogP contribution in [-0.2, 0) is 15.9 Å². The summed E-state index contributed by atoms with van der Waals surface area (Å²) in [6.45, 7) is 1.04. The van der Waals surface area contributed by atoms with Crippen LogP contribution in [0.15, 0.2) is 97.1 Å². The molecule has 0 aliphatic carbocycles. The molecule has 4 aromatic rings. The second kappa shape index (κ2) is 12.5. The molecule has 35 heavy (non-hydrogen) atoms. The summed E-state index contributed by atoms with van der Waals surface area (Å²) < 4.78 is 22.1. The van der Waals surface area contributed by atoms with Gasteiger partial charge in [-0.25, -0.2) is 0 Å². The van der Waals surface area contributed by atoms with Crippen molar-refractivity contribution in [3.05, 3.63) is 114 Å². The first-order valence-corrected chi connectivity index (χ1v) is 11.4. The first-order chi connectivity index (χ1) is 17.2. The number of hydrogen-bond acceptors (Lipinski definition) is 5. The van der Waals surface area contributed by atoms with Crippen molar-refractivity contribution in [2.24, 2.45) is 0 Å². The fraction of sp³-hybridized carbons (Fsp3) is 0.167. The molecule has 4 rings (SSSR count). The lowest BCUT2D eigenvalue weighted by atomic mass is 10.0. The number of methoxy groups -OCH3 is 1. The molecule has 0 amide bonds. The molecule has 0 spiro atoms. The second-order valence-electron chi connectivity index (χ2n) is 7.96. The number of aldehydes is 1. The average Bonchev–Trinajstić information content (AvgIpc) is 2.91. The Bertz CT molecular complexity index is 1220. The predicted molar refractivity (Wildman–Crippen MR) is 136 cm³/mol. The molecule has 4 aromatic carbocycles. The molecule has 0 aliphatic heterocycles. The van der Waals surface area contributed by atoms with Crippen LogP contribution in [0.1, 0.15) is 21.5 Å². The molecule has 0 atom stereocenters. The van der Waals surface area contributed by atoms with Gasteiger partial charge in [-0.05, 0) is 64.7 Å². The van der Waals surface area contributed by atoms with Crippen molar-refractivity contribution < 1.29 is 23.7 Å². The topological polar surface area (TPSA) is 54.0 Å². The number of hydrogen-bond donors (Lipinski definition) is 0. The normalized spacial score (nSPS) is 10.7. The van der Waals surface area contributed by atoms with Gasteiger partial charge in [-0.3, -0.25) is 4.79 Å². The fourth-order valence-electron chi connectivity index (χ4n) is 3.71. The number of rotatable bonds is 12. The summed E-state index contributed by atoms with van der Waals surface area (Å²) in [5.74, 6) is 2.27. The van der Waals surface area contributed by atoms with Gasteiger partial charge < -0.3 is 18.9 Å². The van der Waals surface area contributed by atoms with Crippen molar-refractivity contribution in [3.8, 4) is 28.4 Å². The Kier molecular flexibility index (Phi) is 8.65. The Morgan fingerprint density at radius 3 is 2.31 bits per heavy atom. The first kappa shape index (κ1) is 24.2. The van der Waals surface area contributed by atoms with Gasteiger partial charge in [-0.15, -0.1) is 0 Å². The van der Waals surface area contributed by atoms with Gasteiger partial charge in [0.25, 0.3) is 0 Å². The molecule has 0 heterocycles. The fourth-order valence-corrected chi connectivity index (χ4v) is 3.71. The standard InChI is InChI=1S/C30H28O5/c1-32-22-33-16-17-34-30-15-12-24(21-31)19-27(30)18-23-10-13-28(14-11-23)35-29-9-5-8-26(20-29)25-6-3-2-4-7-25/h2-15,19-21H,16-18,22H2,1H3. The van der Waals surface area contributed by atoms with Crippen molar-refractivity contribution >= 4 is 6.29 Å². The maximum Gasteiger partial charge on any atom is 0.150 e. The van der Waals surface area contributed by atoms with Crippen LogP contribution in [0.4, 0.5) is 0 Å². The summed E-state index contributed by atoms with van der Waals surface area (Å²) in [4.78, 5) is 11.3. The molecule has 0 saturated carbocycles. The van der Waals surface area contributed by atoms with Gasteiger partial charge in [0.1, 0.15) is 36.9 Å². The van der Waals surface area contributed by atoms with E-state index in [9.17, 15) is 4.79 Å². The zero-order valence-corrected chi connectivity index (χ0v) is 19.7. The van der Waals surface area contributed by atoms with Gasteiger partial charge in [0.2, 0.25) is 0 Å². The number of benzene rings is 4. The number of ether oxygens (including phenoxy) is 4. The van der Waals surface area contributed by atoms with Crippen LogP contribution in [-0.4, -0.2) is 33.4 Å². The highest BCUT2D eigenvalue weighted by Crippen LogP contribution is 2.28. The van der Waals surface area contributed by atoms with E-state index in [-0.39, 0.29) is 6.79 Å². The van der Waals surface area contributed by atoms with Crippen molar-refractivity contribution in [1.82, 2.24) is 0 Å². The quantitative estimate of drug-likeness (QED) is 0.134. The van der Waals surface area contributed by atoms with E-state index in [2.05, 4.69) is 18.2 Å². The second-order valence-corrected chi connectivity index (χ2v) is 7.96. The summed E-state index contributed by atoms with van der Waals surface area (Å²) in [5, 5.41) is 0. The molecule has 0 radical (unpaired) electrons. The van der Waals surface area contributed by atoms with Crippen molar-refractivity contribution in [3.63, 3.8) is 0 Å². The predicted octanol–water partition coefficient (Wildman–Crippen LogP) is 6.55. The SMILES string of the molecule is COCOCCOc1ccc(C=O)cc1Cc1ccc(Oc2cccc(-c3ccccc3)c2)cc1. The largest absolute Gasteiger partial charge is 0.491 e. The van der Waals surface area contributed by atoms with Gasteiger partial charge in [-0.1, -0.05) is 54.6 Å². The summed E-state index contributed by atoms with van der Waals surface area (Å²) >= 11 is 0. The van der Waals surface area contributed by atoms with Gasteiger partial charge in [0.05, 0.1) is 6.61 Å². The molecular weight excluding hydrogens is 440 g/mol.